The Morgan fingerprint density at radius 3 is 2.77 bits per heavy atom. The van der Waals surface area contributed by atoms with Crippen molar-refractivity contribution >= 4 is 23.7 Å². The summed E-state index contributed by atoms with van der Waals surface area (Å²) < 4.78 is 20.0. The fraction of sp³-hybridized carbons (Fsp3) is 0.250. The van der Waals surface area contributed by atoms with Gasteiger partial charge in [-0.25, -0.2) is 4.39 Å². The van der Waals surface area contributed by atoms with Gasteiger partial charge in [-0.05, 0) is 48.6 Å². The predicted molar refractivity (Wildman–Crippen MR) is 118 cm³/mol. The summed E-state index contributed by atoms with van der Waals surface area (Å²) in [5, 5.41) is 2.86. The van der Waals surface area contributed by atoms with Crippen LogP contribution < -0.4 is 10.2 Å². The maximum absolute atomic E-state index is 14.6. The van der Waals surface area contributed by atoms with Gasteiger partial charge >= 0.3 is 0 Å². The number of rotatable bonds is 4. The van der Waals surface area contributed by atoms with E-state index in [0.717, 1.165) is 42.1 Å². The predicted octanol–water partition coefficient (Wildman–Crippen LogP) is 3.51. The third-order valence-corrected chi connectivity index (χ3v) is 5.69. The molecule has 0 aliphatic carbocycles. The molecule has 0 saturated carbocycles. The molecule has 2 aliphatic heterocycles. The minimum atomic E-state index is -0.264. The van der Waals surface area contributed by atoms with Crippen LogP contribution >= 0.6 is 0 Å². The summed E-state index contributed by atoms with van der Waals surface area (Å²) in [4.78, 5) is 21.9. The lowest BCUT2D eigenvalue weighted by atomic mass is 10.1. The highest BCUT2D eigenvalue weighted by Gasteiger charge is 2.20. The maximum Gasteiger partial charge on any atom is 0.253 e. The topological polar surface area (TPSA) is 70.2 Å². The molecule has 0 spiro atoms. The molecule has 2 N–H and O–H groups in total. The van der Waals surface area contributed by atoms with Gasteiger partial charge in [-0.3, -0.25) is 9.78 Å². The Labute approximate surface area is 179 Å². The number of nitrogens with one attached hydrogen (secondary N) is 2. The minimum Gasteiger partial charge on any atom is -0.378 e. The van der Waals surface area contributed by atoms with E-state index >= 15 is 0 Å². The third-order valence-electron chi connectivity index (χ3n) is 5.69. The molecule has 2 aliphatic rings. The van der Waals surface area contributed by atoms with Crippen LogP contribution in [0.1, 0.15) is 27.3 Å². The smallest absolute Gasteiger partial charge is 0.253 e. The number of anilines is 1. The van der Waals surface area contributed by atoms with E-state index in [4.69, 9.17) is 4.74 Å². The number of nitrogens with zero attached hydrogens (tertiary/aromatic N) is 2. The Balaban J connectivity index is 1.35. The van der Waals surface area contributed by atoms with Crippen LogP contribution in [0.5, 0.6) is 0 Å². The van der Waals surface area contributed by atoms with Crippen molar-refractivity contribution in [2.45, 2.75) is 6.42 Å². The lowest BCUT2D eigenvalue weighted by Crippen LogP contribution is -2.36. The first-order valence-corrected chi connectivity index (χ1v) is 10.4. The monoisotopic (exact) mass is 418 g/mol. The highest BCUT2D eigenvalue weighted by molar-refractivity contribution is 5.97. The van der Waals surface area contributed by atoms with Gasteiger partial charge in [0.05, 0.1) is 24.5 Å². The molecule has 2 aromatic heterocycles. The molecule has 1 amide bonds. The molecule has 1 aromatic carbocycles. The summed E-state index contributed by atoms with van der Waals surface area (Å²) in [7, 11) is 0. The van der Waals surface area contributed by atoms with Gasteiger partial charge in [0.15, 0.2) is 0 Å². The fourth-order valence-electron chi connectivity index (χ4n) is 4.00. The molecular formula is C24H23FN4O2. The number of fused-ring (bicyclic) bond motifs is 1. The summed E-state index contributed by atoms with van der Waals surface area (Å²) >= 11 is 0. The molecule has 4 heterocycles. The van der Waals surface area contributed by atoms with Gasteiger partial charge in [-0.15, -0.1) is 0 Å². The normalized spacial score (nSPS) is 16.4. The van der Waals surface area contributed by atoms with Gasteiger partial charge in [0.1, 0.15) is 5.82 Å². The number of amides is 1. The average Bonchev–Trinajstić information content (AvgIpc) is 3.25. The number of pyridine rings is 1. The summed E-state index contributed by atoms with van der Waals surface area (Å²) in [5.41, 5.74) is 5.55. The van der Waals surface area contributed by atoms with Gasteiger partial charge in [0.2, 0.25) is 0 Å². The average molecular weight is 418 g/mol. The second-order valence-electron chi connectivity index (χ2n) is 7.69. The van der Waals surface area contributed by atoms with Gasteiger partial charge in [-0.1, -0.05) is 0 Å². The first-order chi connectivity index (χ1) is 15.2. The Hall–Kier alpha value is -3.45. The number of morpholine rings is 1. The number of aromatic amines is 1. The molecule has 0 atom stereocenters. The van der Waals surface area contributed by atoms with Crippen molar-refractivity contribution in [2.24, 2.45) is 0 Å². The van der Waals surface area contributed by atoms with Crippen molar-refractivity contribution < 1.29 is 13.9 Å². The number of H-pyrrole nitrogens is 1. The van der Waals surface area contributed by atoms with Crippen LogP contribution in [0.3, 0.4) is 0 Å². The summed E-state index contributed by atoms with van der Waals surface area (Å²) in [5.74, 6) is -0.312. The Kier molecular flexibility index (Phi) is 5.26. The Bertz CT molecular complexity index is 1150. The van der Waals surface area contributed by atoms with Crippen LogP contribution in [-0.4, -0.2) is 48.7 Å². The fourth-order valence-corrected chi connectivity index (χ4v) is 4.00. The molecule has 1 saturated heterocycles. The standard InChI is InChI=1S/C24H23FN4O2/c25-21-14-19(29-9-11-31-12-10-29)4-2-16(21)1-3-18-13-17(5-7-26-18)23-15-20-22(28-23)6-8-27-24(20)30/h1-5,7,13-15,28H,6,8-12H2,(H,27,30)/b3-1+. The quantitative estimate of drug-likeness (QED) is 0.680. The largest absolute Gasteiger partial charge is 0.378 e. The van der Waals surface area contributed by atoms with Crippen LogP contribution in [0.15, 0.2) is 42.6 Å². The summed E-state index contributed by atoms with van der Waals surface area (Å²) in [6, 6.07) is 11.0. The van der Waals surface area contributed by atoms with Crippen LogP contribution in [0.4, 0.5) is 10.1 Å². The molecule has 6 nitrogen and oxygen atoms in total. The molecule has 3 aromatic rings. The van der Waals surface area contributed by atoms with Crippen molar-refractivity contribution in [3.63, 3.8) is 0 Å². The molecular weight excluding hydrogens is 395 g/mol. The zero-order chi connectivity index (χ0) is 21.2. The first kappa shape index (κ1) is 19.5. The van der Waals surface area contributed by atoms with Gasteiger partial charge in [-0.2, -0.15) is 0 Å². The van der Waals surface area contributed by atoms with Crippen LogP contribution in [-0.2, 0) is 11.2 Å². The SMILES string of the molecule is O=C1NCCc2[nH]c(-c3ccnc(/C=C/c4ccc(N5CCOCC5)cc4F)c3)cc21. The van der Waals surface area contributed by atoms with E-state index < -0.39 is 0 Å². The second kappa shape index (κ2) is 8.35. The molecule has 0 bridgehead atoms. The number of hydrogen-bond donors (Lipinski definition) is 2. The number of aromatic nitrogens is 2. The van der Waals surface area contributed by atoms with E-state index in [9.17, 15) is 9.18 Å². The highest BCUT2D eigenvalue weighted by atomic mass is 19.1. The molecule has 31 heavy (non-hydrogen) atoms. The van der Waals surface area contributed by atoms with Crippen LogP contribution in [0, 0.1) is 5.82 Å². The third kappa shape index (κ3) is 4.09. The van der Waals surface area contributed by atoms with Crippen molar-refractivity contribution in [3.8, 4) is 11.3 Å². The van der Waals surface area contributed by atoms with E-state index in [-0.39, 0.29) is 11.7 Å². The molecule has 7 heteroatoms. The second-order valence-corrected chi connectivity index (χ2v) is 7.69. The molecule has 158 valence electrons. The molecule has 1 fully saturated rings. The summed E-state index contributed by atoms with van der Waals surface area (Å²) in [6.07, 6.45) is 6.04. The van der Waals surface area contributed by atoms with E-state index in [1.165, 1.54) is 0 Å². The lowest BCUT2D eigenvalue weighted by molar-refractivity contribution is 0.0946. The zero-order valence-corrected chi connectivity index (χ0v) is 17.0. The lowest BCUT2D eigenvalue weighted by Gasteiger charge is -2.28. The van der Waals surface area contributed by atoms with E-state index in [0.29, 0.717) is 36.6 Å². The zero-order valence-electron chi connectivity index (χ0n) is 17.0. The van der Waals surface area contributed by atoms with Crippen molar-refractivity contribution in [1.82, 2.24) is 15.3 Å². The number of carbonyl (C=O) groups is 1. The Morgan fingerprint density at radius 2 is 1.97 bits per heavy atom. The highest BCUT2D eigenvalue weighted by Crippen LogP contribution is 2.25. The van der Waals surface area contributed by atoms with Gasteiger partial charge < -0.3 is 19.9 Å². The number of carbonyl (C=O) groups excluding carboxylic acids is 1. The minimum absolute atomic E-state index is 0.0473. The maximum atomic E-state index is 14.6. The number of hydrogen-bond acceptors (Lipinski definition) is 4. The van der Waals surface area contributed by atoms with Gasteiger partial charge in [0.25, 0.3) is 5.91 Å². The van der Waals surface area contributed by atoms with Crippen LogP contribution in [0.25, 0.3) is 23.4 Å². The van der Waals surface area contributed by atoms with Crippen molar-refractivity contribution in [1.29, 1.82) is 0 Å². The first-order valence-electron chi connectivity index (χ1n) is 10.4. The van der Waals surface area contributed by atoms with E-state index in [1.54, 1.807) is 30.5 Å². The van der Waals surface area contributed by atoms with Crippen molar-refractivity contribution in [3.05, 3.63) is 70.9 Å². The van der Waals surface area contributed by atoms with Gasteiger partial charge in [0, 0.05) is 60.5 Å². The van der Waals surface area contributed by atoms with Crippen molar-refractivity contribution in [2.75, 3.05) is 37.7 Å². The molecule has 0 unspecified atom stereocenters. The Morgan fingerprint density at radius 1 is 1.10 bits per heavy atom. The van der Waals surface area contributed by atoms with Crippen LogP contribution in [0.2, 0.25) is 0 Å². The number of ether oxygens (including phenoxy) is 1. The molecule has 5 rings (SSSR count). The number of halogens is 1. The van der Waals surface area contributed by atoms with E-state index in [1.807, 2.05) is 24.3 Å². The number of benzene rings is 1. The molecule has 0 radical (unpaired) electrons. The summed E-state index contributed by atoms with van der Waals surface area (Å²) in [6.45, 7) is 3.52. The van der Waals surface area contributed by atoms with E-state index in [2.05, 4.69) is 20.2 Å².